The van der Waals surface area contributed by atoms with E-state index in [2.05, 4.69) is 43.9 Å². The van der Waals surface area contributed by atoms with E-state index >= 15 is 0 Å². The third kappa shape index (κ3) is 4.70. The highest BCUT2D eigenvalue weighted by atomic mass is 35.5. The van der Waals surface area contributed by atoms with E-state index in [1.54, 1.807) is 0 Å². The fourth-order valence-electron chi connectivity index (χ4n) is 3.64. The molecule has 2 N–H and O–H groups in total. The first-order valence-electron chi connectivity index (χ1n) is 8.91. The molecule has 2 aliphatic heterocycles. The molecule has 1 saturated heterocycles. The third-order valence-corrected chi connectivity index (χ3v) is 6.53. The average Bonchev–Trinajstić information content (AvgIpc) is 2.69. The molecule has 2 aliphatic rings. The summed E-state index contributed by atoms with van der Waals surface area (Å²) in [6.45, 7) is 9.74. The van der Waals surface area contributed by atoms with Gasteiger partial charge in [0.05, 0.1) is 12.2 Å². The van der Waals surface area contributed by atoms with Crippen LogP contribution in [0.4, 0.5) is 5.69 Å². The van der Waals surface area contributed by atoms with E-state index in [4.69, 9.17) is 5.73 Å². The van der Waals surface area contributed by atoms with Crippen LogP contribution in [0.25, 0.3) is 0 Å². The van der Waals surface area contributed by atoms with Gasteiger partial charge in [0, 0.05) is 35.8 Å². The second-order valence-electron chi connectivity index (χ2n) is 7.82. The zero-order chi connectivity index (χ0) is 17.3. The molecule has 1 fully saturated rings. The molecule has 1 aromatic carbocycles. The molecule has 0 radical (unpaired) electrons. The topological polar surface area (TPSA) is 49.6 Å². The Kier molecular flexibility index (Phi) is 6.82. The maximum absolute atomic E-state index is 13.0. The standard InChI is InChI=1S/C19H29N3OS.ClH/c1-14-8-11-22(15-6-4-5-7-16(15)24-14)18(23)12-21-10-9-17(20)19(2,3)13-21;/h4-7,14,17H,8-13,20H2,1-3H3;1H. The van der Waals surface area contributed by atoms with Crippen molar-refractivity contribution in [3.8, 4) is 0 Å². The number of amides is 1. The summed E-state index contributed by atoms with van der Waals surface area (Å²) in [4.78, 5) is 18.5. The number of nitrogens with two attached hydrogens (primary N) is 1. The number of benzene rings is 1. The van der Waals surface area contributed by atoms with Crippen LogP contribution in [0.1, 0.15) is 33.6 Å². The van der Waals surface area contributed by atoms with Crippen molar-refractivity contribution < 1.29 is 4.79 Å². The van der Waals surface area contributed by atoms with Gasteiger partial charge < -0.3 is 10.6 Å². The van der Waals surface area contributed by atoms with Crippen molar-refractivity contribution in [3.63, 3.8) is 0 Å². The van der Waals surface area contributed by atoms with Gasteiger partial charge in [0.1, 0.15) is 0 Å². The van der Waals surface area contributed by atoms with Crippen LogP contribution in [-0.4, -0.2) is 48.3 Å². The molecule has 2 atom stereocenters. The van der Waals surface area contributed by atoms with Gasteiger partial charge in [-0.25, -0.2) is 0 Å². The Balaban J connectivity index is 0.00000225. The molecule has 0 saturated carbocycles. The molecular weight excluding hydrogens is 354 g/mol. The smallest absolute Gasteiger partial charge is 0.241 e. The van der Waals surface area contributed by atoms with Crippen molar-refractivity contribution in [1.82, 2.24) is 4.90 Å². The van der Waals surface area contributed by atoms with Gasteiger partial charge in [-0.15, -0.1) is 24.2 Å². The number of hydrogen-bond acceptors (Lipinski definition) is 4. The number of fused-ring (bicyclic) bond motifs is 1. The van der Waals surface area contributed by atoms with E-state index in [-0.39, 0.29) is 29.8 Å². The molecule has 0 bridgehead atoms. The van der Waals surface area contributed by atoms with Gasteiger partial charge in [-0.2, -0.15) is 0 Å². The SMILES string of the molecule is CC1CCN(C(=O)CN2CCC(N)C(C)(C)C2)c2ccccc2S1.Cl. The molecule has 3 rings (SSSR count). The number of carbonyl (C=O) groups excluding carboxylic acids is 1. The average molecular weight is 384 g/mol. The van der Waals surface area contributed by atoms with Crippen LogP contribution in [0, 0.1) is 5.41 Å². The molecule has 4 nitrogen and oxygen atoms in total. The first kappa shape index (κ1) is 20.6. The normalized spacial score (nSPS) is 26.3. The Morgan fingerprint density at radius 2 is 2.00 bits per heavy atom. The second kappa shape index (κ2) is 8.30. The Morgan fingerprint density at radius 3 is 2.72 bits per heavy atom. The lowest BCUT2D eigenvalue weighted by Gasteiger charge is -2.42. The van der Waals surface area contributed by atoms with Crippen molar-refractivity contribution in [2.45, 2.75) is 49.8 Å². The summed E-state index contributed by atoms with van der Waals surface area (Å²) in [6, 6.07) is 8.51. The monoisotopic (exact) mass is 383 g/mol. The quantitative estimate of drug-likeness (QED) is 0.850. The maximum atomic E-state index is 13.0. The minimum Gasteiger partial charge on any atom is -0.327 e. The van der Waals surface area contributed by atoms with E-state index in [1.165, 1.54) is 4.90 Å². The third-order valence-electron chi connectivity index (χ3n) is 5.29. The zero-order valence-electron chi connectivity index (χ0n) is 15.4. The van der Waals surface area contributed by atoms with Crippen molar-refractivity contribution in [1.29, 1.82) is 0 Å². The zero-order valence-corrected chi connectivity index (χ0v) is 17.0. The first-order valence-corrected chi connectivity index (χ1v) is 9.79. The minimum absolute atomic E-state index is 0. The molecular formula is C19H30ClN3OS. The molecule has 2 heterocycles. The van der Waals surface area contributed by atoms with Crippen LogP contribution in [0.5, 0.6) is 0 Å². The summed E-state index contributed by atoms with van der Waals surface area (Å²) in [5.41, 5.74) is 7.37. The van der Waals surface area contributed by atoms with E-state index in [0.29, 0.717) is 11.8 Å². The number of thioether (sulfide) groups is 1. The van der Waals surface area contributed by atoms with E-state index in [0.717, 1.165) is 38.2 Å². The lowest BCUT2D eigenvalue weighted by Crippen LogP contribution is -2.54. The van der Waals surface area contributed by atoms with E-state index in [9.17, 15) is 4.79 Å². The van der Waals surface area contributed by atoms with Gasteiger partial charge in [-0.3, -0.25) is 9.69 Å². The van der Waals surface area contributed by atoms with Crippen LogP contribution in [0.3, 0.4) is 0 Å². The largest absolute Gasteiger partial charge is 0.327 e. The van der Waals surface area contributed by atoms with Crippen LogP contribution in [-0.2, 0) is 4.79 Å². The number of rotatable bonds is 2. The Morgan fingerprint density at radius 1 is 1.28 bits per heavy atom. The number of anilines is 1. The number of piperidine rings is 1. The number of carbonyl (C=O) groups is 1. The summed E-state index contributed by atoms with van der Waals surface area (Å²) >= 11 is 1.88. The lowest BCUT2D eigenvalue weighted by atomic mass is 9.80. The molecule has 0 aliphatic carbocycles. The predicted molar refractivity (Wildman–Crippen MR) is 109 cm³/mol. The van der Waals surface area contributed by atoms with Gasteiger partial charge in [0.25, 0.3) is 0 Å². The second-order valence-corrected chi connectivity index (χ2v) is 9.30. The van der Waals surface area contributed by atoms with Crippen molar-refractivity contribution in [2.75, 3.05) is 31.1 Å². The van der Waals surface area contributed by atoms with Gasteiger partial charge in [-0.1, -0.05) is 32.9 Å². The summed E-state index contributed by atoms with van der Waals surface area (Å²) < 4.78 is 0. The van der Waals surface area contributed by atoms with Crippen LogP contribution >= 0.6 is 24.2 Å². The van der Waals surface area contributed by atoms with Gasteiger partial charge in [-0.05, 0) is 30.4 Å². The highest BCUT2D eigenvalue weighted by Crippen LogP contribution is 2.37. The summed E-state index contributed by atoms with van der Waals surface area (Å²) in [5.74, 6) is 0.212. The fraction of sp³-hybridized carbons (Fsp3) is 0.632. The Bertz CT molecular complexity index is 610. The number of nitrogens with zero attached hydrogens (tertiary/aromatic N) is 2. The van der Waals surface area contributed by atoms with Gasteiger partial charge >= 0.3 is 0 Å². The lowest BCUT2D eigenvalue weighted by molar-refractivity contribution is -0.120. The molecule has 25 heavy (non-hydrogen) atoms. The van der Waals surface area contributed by atoms with E-state index < -0.39 is 0 Å². The van der Waals surface area contributed by atoms with Crippen molar-refractivity contribution in [3.05, 3.63) is 24.3 Å². The molecule has 1 aromatic rings. The Labute approximate surface area is 161 Å². The molecule has 140 valence electrons. The van der Waals surface area contributed by atoms with Crippen molar-refractivity contribution in [2.24, 2.45) is 11.1 Å². The summed E-state index contributed by atoms with van der Waals surface area (Å²) in [7, 11) is 0. The molecule has 0 spiro atoms. The van der Waals surface area contributed by atoms with Gasteiger partial charge in [0.2, 0.25) is 5.91 Å². The minimum atomic E-state index is 0. The van der Waals surface area contributed by atoms with Gasteiger partial charge in [0.15, 0.2) is 0 Å². The van der Waals surface area contributed by atoms with Crippen molar-refractivity contribution >= 4 is 35.8 Å². The molecule has 0 aromatic heterocycles. The van der Waals surface area contributed by atoms with Crippen LogP contribution < -0.4 is 10.6 Å². The summed E-state index contributed by atoms with van der Waals surface area (Å²) in [6.07, 6.45) is 1.99. The number of likely N-dealkylation sites (tertiary alicyclic amines) is 1. The highest BCUT2D eigenvalue weighted by Gasteiger charge is 2.35. The molecule has 1 amide bonds. The van der Waals surface area contributed by atoms with E-state index in [1.807, 2.05) is 22.7 Å². The van der Waals surface area contributed by atoms with Crippen LogP contribution in [0.2, 0.25) is 0 Å². The number of halogens is 1. The Hall–Kier alpha value is -0.750. The molecule has 6 heteroatoms. The summed E-state index contributed by atoms with van der Waals surface area (Å²) in [5, 5.41) is 0.538. The fourth-order valence-corrected chi connectivity index (χ4v) is 4.76. The number of hydrogen-bond donors (Lipinski definition) is 1. The maximum Gasteiger partial charge on any atom is 0.241 e. The van der Waals surface area contributed by atoms with Crippen LogP contribution in [0.15, 0.2) is 29.2 Å². The predicted octanol–water partition coefficient (Wildman–Crippen LogP) is 3.38. The first-order chi connectivity index (χ1) is 11.4. The highest BCUT2D eigenvalue weighted by molar-refractivity contribution is 8.00. The number of para-hydroxylation sites is 1. The molecule has 2 unspecified atom stereocenters.